The molecule has 9 heteroatoms. The van der Waals surface area contributed by atoms with Gasteiger partial charge in [-0.1, -0.05) is 44.4 Å². The number of nitrogens with zero attached hydrogens (tertiary/aromatic N) is 5. The van der Waals surface area contributed by atoms with Gasteiger partial charge in [-0.05, 0) is 84.8 Å². The van der Waals surface area contributed by atoms with Gasteiger partial charge in [0.25, 0.3) is 5.56 Å². The highest BCUT2D eigenvalue weighted by Gasteiger charge is 2.29. The van der Waals surface area contributed by atoms with Crippen LogP contribution >= 0.6 is 0 Å². The number of rotatable bonds is 11. The van der Waals surface area contributed by atoms with E-state index in [0.717, 1.165) is 71.2 Å². The molecule has 5 rings (SSSR count). The Labute approximate surface area is 241 Å². The maximum atomic E-state index is 13.4. The average molecular weight is 559 g/mol. The Morgan fingerprint density at radius 1 is 1.02 bits per heavy atom. The number of tetrazole rings is 1. The van der Waals surface area contributed by atoms with Gasteiger partial charge < -0.3 is 14.5 Å². The lowest BCUT2D eigenvalue weighted by Gasteiger charge is -2.32. The molecule has 1 N–H and O–H groups in total. The van der Waals surface area contributed by atoms with E-state index < -0.39 is 0 Å². The summed E-state index contributed by atoms with van der Waals surface area (Å²) in [6.45, 7) is 7.50. The van der Waals surface area contributed by atoms with Crippen LogP contribution in [0.25, 0.3) is 10.9 Å². The maximum Gasteiger partial charge on any atom is 0.252 e. The van der Waals surface area contributed by atoms with Crippen LogP contribution in [0, 0.1) is 13.8 Å². The van der Waals surface area contributed by atoms with Gasteiger partial charge in [0.05, 0.1) is 31.8 Å². The molecule has 0 unspecified atom stereocenters. The van der Waals surface area contributed by atoms with Gasteiger partial charge in [0.15, 0.2) is 17.3 Å². The standard InChI is InChI=1S/C32H42N6O3/c1-6-27(31-34-35-36-38(31)25-10-8-7-9-11-25)37(17-16-23-14-15-28(40-4)29(18-23)41-5)20-24-19-26-21(2)12-13-22(3)30(26)33-32(24)39/h12-15,18-19,25,27H,6-11,16-17,20H2,1-5H3,(H,33,39)/t27-/m0/s1. The van der Waals surface area contributed by atoms with Crippen LogP contribution in [0.5, 0.6) is 11.5 Å². The predicted octanol–water partition coefficient (Wildman–Crippen LogP) is 5.85. The van der Waals surface area contributed by atoms with Crippen molar-refractivity contribution in [1.29, 1.82) is 0 Å². The molecule has 41 heavy (non-hydrogen) atoms. The van der Waals surface area contributed by atoms with Gasteiger partial charge in [-0.15, -0.1) is 5.10 Å². The molecule has 0 amide bonds. The summed E-state index contributed by atoms with van der Waals surface area (Å²) in [5.41, 5.74) is 4.95. The molecule has 0 aliphatic heterocycles. The Hall–Kier alpha value is -3.72. The normalized spacial score (nSPS) is 15.0. The molecule has 0 radical (unpaired) electrons. The van der Waals surface area contributed by atoms with Crippen molar-refractivity contribution in [2.75, 3.05) is 20.8 Å². The maximum absolute atomic E-state index is 13.4. The first kappa shape index (κ1) is 28.8. The van der Waals surface area contributed by atoms with Crippen LogP contribution in [0.1, 0.15) is 85.6 Å². The minimum atomic E-state index is -0.0518. The van der Waals surface area contributed by atoms with E-state index in [0.29, 0.717) is 24.1 Å². The number of benzene rings is 2. The molecule has 1 saturated carbocycles. The number of hydrogen-bond donors (Lipinski definition) is 1. The number of H-pyrrole nitrogens is 1. The molecule has 1 fully saturated rings. The number of aromatic amines is 1. The molecule has 0 spiro atoms. The molecule has 4 aromatic rings. The van der Waals surface area contributed by atoms with Crippen LogP contribution in [0.15, 0.2) is 41.2 Å². The van der Waals surface area contributed by atoms with Crippen molar-refractivity contribution in [2.45, 2.75) is 84.3 Å². The van der Waals surface area contributed by atoms with Crippen molar-refractivity contribution >= 4 is 10.9 Å². The SMILES string of the molecule is CC[C@@H](c1nnnn1C1CCCCC1)N(CCc1ccc(OC)c(OC)c1)Cc1cc2c(C)ccc(C)c2[nH]c1=O. The lowest BCUT2D eigenvalue weighted by atomic mass is 9.95. The minimum absolute atomic E-state index is 0.0410. The molecule has 0 bridgehead atoms. The molecule has 2 aromatic heterocycles. The first-order valence-corrected chi connectivity index (χ1v) is 14.8. The second-order valence-corrected chi connectivity index (χ2v) is 11.2. The topological polar surface area (TPSA) is 98.2 Å². The summed E-state index contributed by atoms with van der Waals surface area (Å²) in [6, 6.07) is 12.6. The summed E-state index contributed by atoms with van der Waals surface area (Å²) in [5, 5.41) is 14.3. The molecule has 1 aliphatic rings. The smallest absolute Gasteiger partial charge is 0.252 e. The fraction of sp³-hybridized carbons (Fsp3) is 0.500. The Bertz CT molecular complexity index is 1540. The molecule has 2 heterocycles. The first-order valence-electron chi connectivity index (χ1n) is 14.8. The Kier molecular flexibility index (Phi) is 9.03. The van der Waals surface area contributed by atoms with Crippen molar-refractivity contribution < 1.29 is 9.47 Å². The fourth-order valence-corrected chi connectivity index (χ4v) is 6.22. The number of aromatic nitrogens is 5. The molecule has 1 atom stereocenters. The molecular weight excluding hydrogens is 516 g/mol. The van der Waals surface area contributed by atoms with Crippen LogP contribution in [0.2, 0.25) is 0 Å². The first-order chi connectivity index (χ1) is 19.9. The quantitative estimate of drug-likeness (QED) is 0.247. The average Bonchev–Trinajstić information content (AvgIpc) is 3.48. The summed E-state index contributed by atoms with van der Waals surface area (Å²) in [5.74, 6) is 2.30. The highest BCUT2D eigenvalue weighted by Crippen LogP contribution is 2.33. The van der Waals surface area contributed by atoms with E-state index in [1.807, 2.05) is 19.1 Å². The highest BCUT2D eigenvalue weighted by molar-refractivity contribution is 5.85. The van der Waals surface area contributed by atoms with Crippen molar-refractivity contribution in [3.8, 4) is 11.5 Å². The number of hydrogen-bond acceptors (Lipinski definition) is 7. The van der Waals surface area contributed by atoms with E-state index in [4.69, 9.17) is 9.47 Å². The summed E-state index contributed by atoms with van der Waals surface area (Å²) in [7, 11) is 3.30. The lowest BCUT2D eigenvalue weighted by molar-refractivity contribution is 0.165. The Balaban J connectivity index is 1.51. The third-order valence-electron chi connectivity index (χ3n) is 8.59. The number of fused-ring (bicyclic) bond motifs is 1. The molecular formula is C32H42N6O3. The van der Waals surface area contributed by atoms with Crippen molar-refractivity contribution in [3.05, 3.63) is 74.8 Å². The Morgan fingerprint density at radius 3 is 2.51 bits per heavy atom. The minimum Gasteiger partial charge on any atom is -0.493 e. The van der Waals surface area contributed by atoms with E-state index in [-0.39, 0.29) is 11.6 Å². The zero-order valence-electron chi connectivity index (χ0n) is 24.9. The van der Waals surface area contributed by atoms with Gasteiger partial charge >= 0.3 is 0 Å². The molecule has 9 nitrogen and oxygen atoms in total. The summed E-state index contributed by atoms with van der Waals surface area (Å²) < 4.78 is 13.1. The summed E-state index contributed by atoms with van der Waals surface area (Å²) in [6.07, 6.45) is 7.47. The van der Waals surface area contributed by atoms with Crippen molar-refractivity contribution in [3.63, 3.8) is 0 Å². The second kappa shape index (κ2) is 12.9. The molecule has 2 aromatic carbocycles. The number of aryl methyl sites for hydroxylation is 2. The molecule has 1 aliphatic carbocycles. The van der Waals surface area contributed by atoms with E-state index in [2.05, 4.69) is 68.2 Å². The van der Waals surface area contributed by atoms with Gasteiger partial charge in [0, 0.05) is 24.0 Å². The van der Waals surface area contributed by atoms with E-state index in [9.17, 15) is 4.79 Å². The zero-order chi connectivity index (χ0) is 28.9. The van der Waals surface area contributed by atoms with Crippen molar-refractivity contribution in [1.82, 2.24) is 30.1 Å². The highest BCUT2D eigenvalue weighted by atomic mass is 16.5. The number of ether oxygens (including phenoxy) is 2. The summed E-state index contributed by atoms with van der Waals surface area (Å²) in [4.78, 5) is 18.9. The number of nitrogens with one attached hydrogen (secondary N) is 1. The fourth-order valence-electron chi connectivity index (χ4n) is 6.22. The number of methoxy groups -OCH3 is 2. The third kappa shape index (κ3) is 6.15. The van der Waals surface area contributed by atoms with Crippen LogP contribution in [0.3, 0.4) is 0 Å². The molecule has 0 saturated heterocycles. The predicted molar refractivity (Wildman–Crippen MR) is 161 cm³/mol. The van der Waals surface area contributed by atoms with Crippen molar-refractivity contribution in [2.24, 2.45) is 0 Å². The molecule has 218 valence electrons. The van der Waals surface area contributed by atoms with Gasteiger partial charge in [-0.3, -0.25) is 9.69 Å². The van der Waals surface area contributed by atoms with Crippen LogP contribution < -0.4 is 15.0 Å². The van der Waals surface area contributed by atoms with Crippen LogP contribution in [-0.2, 0) is 13.0 Å². The van der Waals surface area contributed by atoms with Crippen LogP contribution in [-0.4, -0.2) is 50.9 Å². The van der Waals surface area contributed by atoms with Gasteiger partial charge in [-0.25, -0.2) is 4.68 Å². The van der Waals surface area contributed by atoms with Gasteiger partial charge in [0.1, 0.15) is 0 Å². The summed E-state index contributed by atoms with van der Waals surface area (Å²) >= 11 is 0. The van der Waals surface area contributed by atoms with Gasteiger partial charge in [0.2, 0.25) is 0 Å². The van der Waals surface area contributed by atoms with Gasteiger partial charge in [-0.2, -0.15) is 0 Å². The Morgan fingerprint density at radius 2 is 1.78 bits per heavy atom. The third-order valence-corrected chi connectivity index (χ3v) is 8.59. The zero-order valence-corrected chi connectivity index (χ0v) is 24.9. The monoisotopic (exact) mass is 558 g/mol. The van der Waals surface area contributed by atoms with E-state index in [1.165, 1.54) is 19.3 Å². The number of pyridine rings is 1. The van der Waals surface area contributed by atoms with Crippen LogP contribution in [0.4, 0.5) is 0 Å². The second-order valence-electron chi connectivity index (χ2n) is 11.2. The largest absolute Gasteiger partial charge is 0.493 e. The lowest BCUT2D eigenvalue weighted by Crippen LogP contribution is -2.35. The van der Waals surface area contributed by atoms with E-state index in [1.54, 1.807) is 14.2 Å². The van der Waals surface area contributed by atoms with E-state index >= 15 is 0 Å².